The second-order valence-electron chi connectivity index (χ2n) is 5.51. The first-order chi connectivity index (χ1) is 12.1. The fourth-order valence-electron chi connectivity index (χ4n) is 2.31. The number of hydrogen-bond acceptors (Lipinski definition) is 3. The van der Waals surface area contributed by atoms with Gasteiger partial charge in [-0.2, -0.15) is 0 Å². The Hall–Kier alpha value is -2.60. The molecule has 132 valence electrons. The second-order valence-corrected chi connectivity index (χ2v) is 5.90. The molecule has 0 atom stereocenters. The van der Waals surface area contributed by atoms with Crippen LogP contribution in [0.15, 0.2) is 54.6 Å². The normalized spacial score (nSPS) is 10.1. The van der Waals surface area contributed by atoms with E-state index in [0.717, 1.165) is 17.0 Å². The molecule has 0 spiro atoms. The van der Waals surface area contributed by atoms with E-state index < -0.39 is 0 Å². The van der Waals surface area contributed by atoms with Gasteiger partial charge in [-0.1, -0.05) is 30.3 Å². The van der Waals surface area contributed by atoms with Crippen LogP contribution >= 0.6 is 12.2 Å². The third-order valence-corrected chi connectivity index (χ3v) is 3.91. The van der Waals surface area contributed by atoms with E-state index in [1.54, 1.807) is 0 Å². The lowest BCUT2D eigenvalue weighted by atomic mass is 10.2. The number of anilines is 1. The van der Waals surface area contributed by atoms with Crippen LogP contribution in [-0.2, 0) is 11.3 Å². The minimum atomic E-state index is -0.345. The van der Waals surface area contributed by atoms with Crippen LogP contribution < -0.4 is 15.8 Å². The molecular formula is C19H23N3O2S. The summed E-state index contributed by atoms with van der Waals surface area (Å²) in [6.07, 6.45) is 0.248. The lowest BCUT2D eigenvalue weighted by Gasteiger charge is -2.25. The molecule has 0 saturated carbocycles. The van der Waals surface area contributed by atoms with Crippen molar-refractivity contribution in [1.29, 1.82) is 0 Å². The van der Waals surface area contributed by atoms with Gasteiger partial charge in [-0.05, 0) is 49.0 Å². The van der Waals surface area contributed by atoms with Crippen LogP contribution in [0.25, 0.3) is 0 Å². The molecule has 0 aromatic heterocycles. The Balaban J connectivity index is 2.04. The highest BCUT2D eigenvalue weighted by Crippen LogP contribution is 2.17. The summed E-state index contributed by atoms with van der Waals surface area (Å²) in [4.78, 5) is 13.1. The minimum absolute atomic E-state index is 0.248. The molecule has 0 saturated heterocycles. The fourth-order valence-corrected chi connectivity index (χ4v) is 2.58. The van der Waals surface area contributed by atoms with Crippen LogP contribution in [0.2, 0.25) is 0 Å². The lowest BCUT2D eigenvalue weighted by molar-refractivity contribution is -0.118. The molecule has 5 nitrogen and oxygen atoms in total. The van der Waals surface area contributed by atoms with E-state index in [9.17, 15) is 4.79 Å². The Labute approximate surface area is 153 Å². The van der Waals surface area contributed by atoms with Gasteiger partial charge in [-0.15, -0.1) is 0 Å². The van der Waals surface area contributed by atoms with E-state index in [-0.39, 0.29) is 12.3 Å². The maximum atomic E-state index is 11.2. The molecule has 2 aromatic carbocycles. The summed E-state index contributed by atoms with van der Waals surface area (Å²) in [5, 5.41) is 3.76. The maximum Gasteiger partial charge on any atom is 0.219 e. The van der Waals surface area contributed by atoms with Crippen LogP contribution in [0.1, 0.15) is 18.9 Å². The molecule has 0 aliphatic rings. The van der Waals surface area contributed by atoms with Gasteiger partial charge in [0.15, 0.2) is 5.11 Å². The molecule has 2 aromatic rings. The Morgan fingerprint density at radius 2 is 1.84 bits per heavy atom. The molecule has 25 heavy (non-hydrogen) atoms. The van der Waals surface area contributed by atoms with E-state index in [0.29, 0.717) is 24.8 Å². The number of nitrogens with zero attached hydrogens (tertiary/aromatic N) is 1. The minimum Gasteiger partial charge on any atom is -0.494 e. The zero-order chi connectivity index (χ0) is 18.1. The third kappa shape index (κ3) is 6.43. The highest BCUT2D eigenvalue weighted by molar-refractivity contribution is 7.80. The molecule has 0 aliphatic heterocycles. The van der Waals surface area contributed by atoms with Gasteiger partial charge in [-0.25, -0.2) is 0 Å². The number of carbonyl (C=O) groups is 1. The largest absolute Gasteiger partial charge is 0.494 e. The van der Waals surface area contributed by atoms with Crippen LogP contribution in [0.4, 0.5) is 5.69 Å². The van der Waals surface area contributed by atoms with Gasteiger partial charge in [0, 0.05) is 25.2 Å². The van der Waals surface area contributed by atoms with E-state index in [1.807, 2.05) is 66.4 Å². The Morgan fingerprint density at radius 1 is 1.16 bits per heavy atom. The molecule has 0 fully saturated rings. The van der Waals surface area contributed by atoms with Crippen LogP contribution in [0, 0.1) is 0 Å². The predicted molar refractivity (Wildman–Crippen MR) is 104 cm³/mol. The monoisotopic (exact) mass is 357 g/mol. The Bertz CT molecular complexity index is 690. The number of nitrogens with two attached hydrogens (primary N) is 1. The first kappa shape index (κ1) is 18.7. The van der Waals surface area contributed by atoms with Gasteiger partial charge in [0.2, 0.25) is 5.91 Å². The number of thiocarbonyl (C=S) groups is 1. The summed E-state index contributed by atoms with van der Waals surface area (Å²) in [5.74, 6) is 0.468. The van der Waals surface area contributed by atoms with Crippen LogP contribution in [-0.4, -0.2) is 29.1 Å². The van der Waals surface area contributed by atoms with Crippen molar-refractivity contribution < 1.29 is 9.53 Å². The molecule has 2 rings (SSSR count). The van der Waals surface area contributed by atoms with Crippen LogP contribution in [0.3, 0.4) is 0 Å². The summed E-state index contributed by atoms with van der Waals surface area (Å²) in [6.45, 7) is 3.65. The quantitative estimate of drug-likeness (QED) is 0.711. The first-order valence-electron chi connectivity index (χ1n) is 8.19. The van der Waals surface area contributed by atoms with Gasteiger partial charge < -0.3 is 20.7 Å². The molecule has 1 amide bonds. The van der Waals surface area contributed by atoms with E-state index >= 15 is 0 Å². The molecule has 0 bridgehead atoms. The van der Waals surface area contributed by atoms with E-state index in [2.05, 4.69) is 5.32 Å². The number of nitrogens with one attached hydrogen (secondary N) is 1. The summed E-state index contributed by atoms with van der Waals surface area (Å²) in [5.41, 5.74) is 7.27. The number of primary amides is 1. The number of carbonyl (C=O) groups excluding carboxylic acids is 1. The summed E-state index contributed by atoms with van der Waals surface area (Å²) < 4.78 is 5.43. The topological polar surface area (TPSA) is 67.6 Å². The van der Waals surface area contributed by atoms with E-state index in [4.69, 9.17) is 22.7 Å². The van der Waals surface area contributed by atoms with Crippen molar-refractivity contribution in [1.82, 2.24) is 4.90 Å². The van der Waals surface area contributed by atoms with Crippen molar-refractivity contribution in [3.8, 4) is 5.75 Å². The van der Waals surface area contributed by atoms with Crippen molar-refractivity contribution in [3.05, 3.63) is 60.2 Å². The highest BCUT2D eigenvalue weighted by Gasteiger charge is 2.12. The van der Waals surface area contributed by atoms with Crippen molar-refractivity contribution in [2.75, 3.05) is 18.5 Å². The number of rotatable bonds is 8. The average Bonchev–Trinajstić information content (AvgIpc) is 2.61. The van der Waals surface area contributed by atoms with Gasteiger partial charge in [0.05, 0.1) is 6.61 Å². The van der Waals surface area contributed by atoms with Crippen molar-refractivity contribution in [2.45, 2.75) is 19.9 Å². The van der Waals surface area contributed by atoms with Gasteiger partial charge in [0.1, 0.15) is 5.75 Å². The number of benzene rings is 2. The number of ether oxygens (including phenoxy) is 1. The molecular weight excluding hydrogens is 334 g/mol. The maximum absolute atomic E-state index is 11.2. The highest BCUT2D eigenvalue weighted by atomic mass is 32.1. The summed E-state index contributed by atoms with van der Waals surface area (Å²) >= 11 is 5.52. The average molecular weight is 357 g/mol. The summed E-state index contributed by atoms with van der Waals surface area (Å²) in [7, 11) is 0. The van der Waals surface area contributed by atoms with Crippen molar-refractivity contribution in [3.63, 3.8) is 0 Å². The summed E-state index contributed by atoms with van der Waals surface area (Å²) in [6, 6.07) is 17.6. The lowest BCUT2D eigenvalue weighted by Crippen LogP contribution is -2.36. The zero-order valence-corrected chi connectivity index (χ0v) is 15.1. The second kappa shape index (κ2) is 9.64. The Kier molecular flexibility index (Phi) is 7.22. The van der Waals surface area contributed by atoms with Gasteiger partial charge in [-0.3, -0.25) is 4.79 Å². The third-order valence-electron chi connectivity index (χ3n) is 3.55. The zero-order valence-electron chi connectivity index (χ0n) is 14.3. The van der Waals surface area contributed by atoms with Gasteiger partial charge in [0.25, 0.3) is 0 Å². The molecule has 0 aliphatic carbocycles. The smallest absolute Gasteiger partial charge is 0.219 e. The molecule has 6 heteroatoms. The molecule has 0 heterocycles. The van der Waals surface area contributed by atoms with Crippen molar-refractivity contribution >= 4 is 28.9 Å². The fraction of sp³-hybridized carbons (Fsp3) is 0.263. The standard InChI is InChI=1S/C19H23N3O2S/c1-2-24-17-10-8-16(9-11-17)21-19(25)22(13-12-18(20)23)14-15-6-4-3-5-7-15/h3-11H,2,12-14H2,1H3,(H2,20,23)(H,21,25). The number of hydrogen-bond donors (Lipinski definition) is 2. The molecule has 0 radical (unpaired) electrons. The predicted octanol–water partition coefficient (Wildman–Crippen LogP) is 3.16. The van der Waals surface area contributed by atoms with Crippen LogP contribution in [0.5, 0.6) is 5.75 Å². The van der Waals surface area contributed by atoms with E-state index in [1.165, 1.54) is 0 Å². The Morgan fingerprint density at radius 3 is 2.44 bits per heavy atom. The number of amides is 1. The SMILES string of the molecule is CCOc1ccc(NC(=S)N(CCC(N)=O)Cc2ccccc2)cc1. The molecule has 0 unspecified atom stereocenters. The first-order valence-corrected chi connectivity index (χ1v) is 8.60. The van der Waals surface area contributed by atoms with Gasteiger partial charge >= 0.3 is 0 Å². The molecule has 3 N–H and O–H groups in total. The van der Waals surface area contributed by atoms with Crippen molar-refractivity contribution in [2.24, 2.45) is 5.73 Å².